The minimum absolute atomic E-state index is 0.748. The van der Waals surface area contributed by atoms with E-state index in [0.717, 1.165) is 51.9 Å². The average molecular weight is 359 g/mol. The van der Waals surface area contributed by atoms with Gasteiger partial charge in [0.15, 0.2) is 0 Å². The van der Waals surface area contributed by atoms with Gasteiger partial charge in [-0.3, -0.25) is 0 Å². The molecule has 0 amide bonds. The van der Waals surface area contributed by atoms with Crippen LogP contribution < -0.4 is 0 Å². The van der Waals surface area contributed by atoms with Gasteiger partial charge in [0.05, 0.1) is 0 Å². The Morgan fingerprint density at radius 3 is 1.33 bits per heavy atom. The van der Waals surface area contributed by atoms with Crippen LogP contribution in [0, 0.1) is 0 Å². The summed E-state index contributed by atoms with van der Waals surface area (Å²) in [5.74, 6) is 0. The molecule has 0 bridgehead atoms. The maximum atomic E-state index is 6.25. The molecule has 144 valence electrons. The Labute approximate surface area is 152 Å². The molecule has 0 N–H and O–H groups in total. The summed E-state index contributed by atoms with van der Waals surface area (Å²) in [5, 5.41) is 0. The number of allylic oxidation sites excluding steroid dienone is 1. The highest BCUT2D eigenvalue weighted by Crippen LogP contribution is 2.16. The van der Waals surface area contributed by atoms with Crippen molar-refractivity contribution in [3.63, 3.8) is 0 Å². The molecular weight excluding hydrogens is 316 g/mol. The Hall–Kier alpha value is -0.163. The van der Waals surface area contributed by atoms with E-state index in [1.165, 1.54) is 38.5 Å². The third-order valence-corrected chi connectivity index (χ3v) is 6.39. The molecule has 4 heteroatoms. The van der Waals surface area contributed by atoms with Gasteiger partial charge in [-0.15, -0.1) is 0 Å². The van der Waals surface area contributed by atoms with Gasteiger partial charge in [-0.25, -0.2) is 0 Å². The van der Waals surface area contributed by atoms with Crippen molar-refractivity contribution in [3.05, 3.63) is 11.8 Å². The first-order valence-corrected chi connectivity index (χ1v) is 12.1. The summed E-state index contributed by atoms with van der Waals surface area (Å²) in [5.41, 5.74) is 2.14. The van der Waals surface area contributed by atoms with Gasteiger partial charge in [-0.2, -0.15) is 0 Å². The molecule has 0 saturated carbocycles. The first-order chi connectivity index (χ1) is 11.7. The third-order valence-electron chi connectivity index (χ3n) is 3.93. The molecule has 0 rings (SSSR count). The second-order valence-corrected chi connectivity index (χ2v) is 8.87. The predicted molar refractivity (Wildman–Crippen MR) is 106 cm³/mol. The maximum absolute atomic E-state index is 6.25. The molecule has 24 heavy (non-hydrogen) atoms. The van der Waals surface area contributed by atoms with Crippen LogP contribution in [0.3, 0.4) is 0 Å². The zero-order chi connectivity index (χ0) is 17.9. The summed E-state index contributed by atoms with van der Waals surface area (Å²) in [7, 11) is -2.66. The fraction of sp³-hybridized carbons (Fsp3) is 0.900. The SMILES string of the molecule is CCCC=C[Si](OCCCCC)(OCCCCC)OCCCCC. The molecule has 0 fully saturated rings. The lowest BCUT2D eigenvalue weighted by atomic mass is 10.3. The van der Waals surface area contributed by atoms with Crippen LogP contribution in [0.5, 0.6) is 0 Å². The van der Waals surface area contributed by atoms with Crippen molar-refractivity contribution in [2.45, 2.75) is 98.3 Å². The zero-order valence-corrected chi connectivity index (χ0v) is 17.8. The predicted octanol–water partition coefficient (Wildman–Crippen LogP) is 6.44. The van der Waals surface area contributed by atoms with Crippen LogP contribution >= 0.6 is 0 Å². The van der Waals surface area contributed by atoms with Crippen molar-refractivity contribution < 1.29 is 13.3 Å². The molecule has 0 unspecified atom stereocenters. The number of rotatable bonds is 18. The van der Waals surface area contributed by atoms with Crippen LogP contribution in [0.15, 0.2) is 11.8 Å². The molecule has 3 nitrogen and oxygen atoms in total. The summed E-state index contributed by atoms with van der Waals surface area (Å²) in [6, 6.07) is 0. The van der Waals surface area contributed by atoms with Crippen molar-refractivity contribution in [2.75, 3.05) is 19.8 Å². The molecule has 0 atom stereocenters. The van der Waals surface area contributed by atoms with E-state index in [9.17, 15) is 0 Å². The summed E-state index contributed by atoms with van der Waals surface area (Å²) in [4.78, 5) is 0. The quantitative estimate of drug-likeness (QED) is 0.208. The number of hydrogen-bond acceptors (Lipinski definition) is 3. The van der Waals surface area contributed by atoms with Gasteiger partial charge in [0.2, 0.25) is 0 Å². The molecule has 0 aliphatic carbocycles. The topological polar surface area (TPSA) is 27.7 Å². The molecule has 0 aromatic carbocycles. The minimum Gasteiger partial charge on any atom is -0.370 e. The van der Waals surface area contributed by atoms with E-state index in [4.69, 9.17) is 13.3 Å². The van der Waals surface area contributed by atoms with E-state index in [1.807, 2.05) is 0 Å². The van der Waals surface area contributed by atoms with Crippen molar-refractivity contribution in [1.29, 1.82) is 0 Å². The molecule has 0 spiro atoms. The van der Waals surface area contributed by atoms with E-state index < -0.39 is 8.80 Å². The highest BCUT2D eigenvalue weighted by Gasteiger charge is 2.38. The standard InChI is InChI=1S/C20H42O3Si/c1-5-9-13-17-21-24(20-16-12-8-4,22-18-14-10-6-2)23-19-15-11-7-3/h16,20H,5-15,17-19H2,1-4H3. The smallest absolute Gasteiger partial charge is 0.370 e. The van der Waals surface area contributed by atoms with Gasteiger partial charge in [-0.1, -0.05) is 78.7 Å². The highest BCUT2D eigenvalue weighted by molar-refractivity contribution is 6.66. The normalized spacial score (nSPS) is 12.3. The number of unbranched alkanes of at least 4 members (excludes halogenated alkanes) is 7. The van der Waals surface area contributed by atoms with Crippen molar-refractivity contribution in [3.8, 4) is 0 Å². The summed E-state index contributed by atoms with van der Waals surface area (Å²) >= 11 is 0. The van der Waals surface area contributed by atoms with Gasteiger partial charge in [0.1, 0.15) is 0 Å². The van der Waals surface area contributed by atoms with Gasteiger partial charge >= 0.3 is 8.80 Å². The summed E-state index contributed by atoms with van der Waals surface area (Å²) in [6.45, 7) is 11.1. The summed E-state index contributed by atoms with van der Waals surface area (Å²) < 4.78 is 18.7. The van der Waals surface area contributed by atoms with Crippen LogP contribution in [0.2, 0.25) is 0 Å². The highest BCUT2D eigenvalue weighted by atomic mass is 28.4. The van der Waals surface area contributed by atoms with Gasteiger partial charge in [0, 0.05) is 19.8 Å². The Bertz CT molecular complexity index is 251. The van der Waals surface area contributed by atoms with Crippen LogP contribution in [-0.2, 0) is 13.3 Å². The molecule has 0 aliphatic rings. The van der Waals surface area contributed by atoms with E-state index in [1.54, 1.807) is 0 Å². The average Bonchev–Trinajstić information content (AvgIpc) is 2.60. The monoisotopic (exact) mass is 358 g/mol. The lowest BCUT2D eigenvalue weighted by molar-refractivity contribution is 0.0675. The second-order valence-electron chi connectivity index (χ2n) is 6.46. The Morgan fingerprint density at radius 2 is 1.00 bits per heavy atom. The van der Waals surface area contributed by atoms with Gasteiger partial charge < -0.3 is 13.3 Å². The molecule has 0 radical (unpaired) electrons. The van der Waals surface area contributed by atoms with Crippen molar-refractivity contribution in [1.82, 2.24) is 0 Å². The van der Waals surface area contributed by atoms with E-state index in [2.05, 4.69) is 39.5 Å². The third kappa shape index (κ3) is 13.2. The van der Waals surface area contributed by atoms with Gasteiger partial charge in [-0.05, 0) is 31.4 Å². The molecule has 0 saturated heterocycles. The molecule has 0 aromatic heterocycles. The van der Waals surface area contributed by atoms with Crippen molar-refractivity contribution >= 4 is 8.80 Å². The largest absolute Gasteiger partial charge is 0.529 e. The van der Waals surface area contributed by atoms with Crippen LogP contribution in [0.25, 0.3) is 0 Å². The van der Waals surface area contributed by atoms with E-state index >= 15 is 0 Å². The van der Waals surface area contributed by atoms with E-state index in [0.29, 0.717) is 0 Å². The Morgan fingerprint density at radius 1 is 0.583 bits per heavy atom. The van der Waals surface area contributed by atoms with Crippen LogP contribution in [0.1, 0.15) is 98.3 Å². The Balaban J connectivity index is 4.71. The number of hydrogen-bond donors (Lipinski definition) is 0. The first kappa shape index (κ1) is 23.8. The molecule has 0 aliphatic heterocycles. The Kier molecular flexibility index (Phi) is 17.5. The van der Waals surface area contributed by atoms with Gasteiger partial charge in [0.25, 0.3) is 0 Å². The maximum Gasteiger partial charge on any atom is 0.529 e. The lowest BCUT2D eigenvalue weighted by Crippen LogP contribution is -2.45. The molecular formula is C20H42O3Si. The summed E-state index contributed by atoms with van der Waals surface area (Å²) in [6.07, 6.45) is 14.9. The fourth-order valence-corrected chi connectivity index (χ4v) is 4.64. The van der Waals surface area contributed by atoms with Crippen LogP contribution in [0.4, 0.5) is 0 Å². The second kappa shape index (κ2) is 17.7. The molecule has 0 aromatic rings. The van der Waals surface area contributed by atoms with Crippen LogP contribution in [-0.4, -0.2) is 28.6 Å². The van der Waals surface area contributed by atoms with E-state index in [-0.39, 0.29) is 0 Å². The molecule has 0 heterocycles. The van der Waals surface area contributed by atoms with Crippen molar-refractivity contribution in [2.24, 2.45) is 0 Å². The lowest BCUT2D eigenvalue weighted by Gasteiger charge is -2.27. The fourth-order valence-electron chi connectivity index (χ4n) is 2.36. The zero-order valence-electron chi connectivity index (χ0n) is 16.8. The minimum atomic E-state index is -2.66. The first-order valence-electron chi connectivity index (χ1n) is 10.3.